The number of nitrogens with two attached hydrogens (primary N) is 1. The van der Waals surface area contributed by atoms with Crippen LogP contribution in [0.1, 0.15) is 35.2 Å². The summed E-state index contributed by atoms with van der Waals surface area (Å²) in [6.45, 7) is 0.700. The van der Waals surface area contributed by atoms with E-state index in [2.05, 4.69) is 40.2 Å². The van der Waals surface area contributed by atoms with Gasteiger partial charge in [0.2, 0.25) is 0 Å². The lowest BCUT2D eigenvalue weighted by atomic mass is 10.1. The number of unbranched alkanes of at least 4 members (excludes halogenated alkanes) is 2. The Bertz CT molecular complexity index is 635. The van der Waals surface area contributed by atoms with Crippen LogP contribution >= 0.6 is 28.3 Å². The molecule has 5 heteroatoms. The van der Waals surface area contributed by atoms with E-state index in [-0.39, 0.29) is 24.7 Å². The molecule has 2 N–H and O–H groups in total. The van der Waals surface area contributed by atoms with Crippen molar-refractivity contribution in [3.63, 3.8) is 0 Å². The fourth-order valence-corrected chi connectivity index (χ4v) is 2.84. The highest BCUT2D eigenvalue weighted by atomic mass is 79.9. The van der Waals surface area contributed by atoms with E-state index in [1.807, 2.05) is 12.1 Å². The van der Waals surface area contributed by atoms with Crippen molar-refractivity contribution in [2.75, 3.05) is 13.2 Å². The first-order chi connectivity index (χ1) is 11.2. The van der Waals surface area contributed by atoms with E-state index < -0.39 is 0 Å². The van der Waals surface area contributed by atoms with Crippen molar-refractivity contribution < 1.29 is 9.53 Å². The van der Waals surface area contributed by atoms with Crippen molar-refractivity contribution in [1.82, 2.24) is 0 Å². The molecule has 0 aliphatic rings. The third-order valence-corrected chi connectivity index (χ3v) is 4.27. The molecule has 0 spiro atoms. The van der Waals surface area contributed by atoms with Gasteiger partial charge in [0.15, 0.2) is 5.78 Å². The molecule has 2 aromatic carbocycles. The van der Waals surface area contributed by atoms with Crippen molar-refractivity contribution in [3.05, 3.63) is 64.1 Å². The van der Waals surface area contributed by atoms with Crippen LogP contribution in [0.4, 0.5) is 0 Å². The minimum absolute atomic E-state index is 0. The predicted octanol–water partition coefficient (Wildman–Crippen LogP) is 4.80. The van der Waals surface area contributed by atoms with Gasteiger partial charge in [-0.1, -0.05) is 30.3 Å². The van der Waals surface area contributed by atoms with Crippen LogP contribution in [-0.2, 0) is 6.42 Å². The van der Waals surface area contributed by atoms with Crippen molar-refractivity contribution in [2.24, 2.45) is 5.73 Å². The number of aryl methyl sites for hydroxylation is 1. The third-order valence-electron chi connectivity index (χ3n) is 3.65. The number of ketones is 1. The van der Waals surface area contributed by atoms with Gasteiger partial charge in [0.05, 0.1) is 17.6 Å². The second-order valence-electron chi connectivity index (χ2n) is 5.42. The molecule has 0 amide bonds. The standard InChI is InChI=1S/C19H22BrNO2.ClH/c20-17-13-16(18(22)14-21)10-11-19(17)23-12-6-2-5-9-15-7-3-1-4-8-15;/h1,3-4,7-8,10-11,13H,2,5-6,9,12,14,21H2;1H. The summed E-state index contributed by atoms with van der Waals surface area (Å²) >= 11 is 3.44. The van der Waals surface area contributed by atoms with Gasteiger partial charge in [0.25, 0.3) is 0 Å². The van der Waals surface area contributed by atoms with E-state index >= 15 is 0 Å². The van der Waals surface area contributed by atoms with Gasteiger partial charge in [-0.3, -0.25) is 4.79 Å². The summed E-state index contributed by atoms with van der Waals surface area (Å²) in [5.74, 6) is 0.694. The number of rotatable bonds is 9. The van der Waals surface area contributed by atoms with Crippen molar-refractivity contribution >= 4 is 34.1 Å². The zero-order valence-corrected chi connectivity index (χ0v) is 15.9. The van der Waals surface area contributed by atoms with E-state index in [0.717, 1.165) is 29.5 Å². The number of carbonyl (C=O) groups excluding carboxylic acids is 1. The lowest BCUT2D eigenvalue weighted by Gasteiger charge is -2.09. The molecule has 2 aromatic rings. The van der Waals surface area contributed by atoms with Gasteiger partial charge in [0, 0.05) is 5.56 Å². The molecule has 2 rings (SSSR count). The molecule has 0 saturated carbocycles. The molecular weight excluding hydrogens is 390 g/mol. The Hall–Kier alpha value is -1.36. The molecule has 3 nitrogen and oxygen atoms in total. The highest BCUT2D eigenvalue weighted by Gasteiger charge is 2.07. The minimum Gasteiger partial charge on any atom is -0.492 e. The summed E-state index contributed by atoms with van der Waals surface area (Å²) in [7, 11) is 0. The lowest BCUT2D eigenvalue weighted by molar-refractivity contribution is 0.100. The monoisotopic (exact) mass is 411 g/mol. The average molecular weight is 413 g/mol. The van der Waals surface area contributed by atoms with Crippen LogP contribution in [0, 0.1) is 0 Å². The van der Waals surface area contributed by atoms with Gasteiger partial charge >= 0.3 is 0 Å². The summed E-state index contributed by atoms with van der Waals surface area (Å²) in [6, 6.07) is 15.9. The molecule has 0 fully saturated rings. The quantitative estimate of drug-likeness (QED) is 0.475. The summed E-state index contributed by atoms with van der Waals surface area (Å²) in [6.07, 6.45) is 4.43. The fourth-order valence-electron chi connectivity index (χ4n) is 2.34. The maximum atomic E-state index is 11.5. The van der Waals surface area contributed by atoms with Crippen molar-refractivity contribution in [3.8, 4) is 5.75 Å². The average Bonchev–Trinajstić information content (AvgIpc) is 2.59. The van der Waals surface area contributed by atoms with Crippen LogP contribution in [-0.4, -0.2) is 18.9 Å². The van der Waals surface area contributed by atoms with Gasteiger partial charge in [-0.05, 0) is 65.4 Å². The Morgan fingerprint density at radius 1 is 1.04 bits per heavy atom. The van der Waals surface area contributed by atoms with Gasteiger partial charge < -0.3 is 10.5 Å². The molecule has 0 saturated heterocycles. The lowest BCUT2D eigenvalue weighted by Crippen LogP contribution is -2.13. The highest BCUT2D eigenvalue weighted by molar-refractivity contribution is 9.10. The molecule has 0 aliphatic heterocycles. The largest absolute Gasteiger partial charge is 0.492 e. The molecule has 130 valence electrons. The Morgan fingerprint density at radius 2 is 1.79 bits per heavy atom. The molecule has 24 heavy (non-hydrogen) atoms. The van der Waals surface area contributed by atoms with E-state index in [9.17, 15) is 4.79 Å². The molecular formula is C19H23BrClNO2. The van der Waals surface area contributed by atoms with Gasteiger partial charge in [-0.25, -0.2) is 0 Å². The minimum atomic E-state index is -0.0711. The SMILES string of the molecule is Cl.NCC(=O)c1ccc(OCCCCCc2ccccc2)c(Br)c1. The number of ether oxygens (including phenoxy) is 1. The molecule has 0 bridgehead atoms. The molecule has 0 radical (unpaired) electrons. The summed E-state index contributed by atoms with van der Waals surface area (Å²) in [5, 5.41) is 0. The van der Waals surface area contributed by atoms with Crippen LogP contribution in [0.5, 0.6) is 5.75 Å². The summed E-state index contributed by atoms with van der Waals surface area (Å²) in [5.41, 5.74) is 7.36. The normalized spacial score (nSPS) is 10.1. The van der Waals surface area contributed by atoms with E-state index in [1.54, 1.807) is 12.1 Å². The molecule has 0 unspecified atom stereocenters. The van der Waals surface area contributed by atoms with E-state index in [0.29, 0.717) is 12.2 Å². The number of hydrogen-bond acceptors (Lipinski definition) is 3. The number of halogens is 2. The van der Waals surface area contributed by atoms with Crippen LogP contribution in [0.25, 0.3) is 0 Å². The van der Waals surface area contributed by atoms with E-state index in [1.165, 1.54) is 12.0 Å². The maximum absolute atomic E-state index is 11.5. The van der Waals surface area contributed by atoms with Crippen molar-refractivity contribution in [1.29, 1.82) is 0 Å². The first-order valence-electron chi connectivity index (χ1n) is 7.90. The second kappa shape index (κ2) is 11.2. The summed E-state index contributed by atoms with van der Waals surface area (Å²) < 4.78 is 6.56. The number of hydrogen-bond donors (Lipinski definition) is 1. The molecule has 0 aromatic heterocycles. The van der Waals surface area contributed by atoms with Crippen molar-refractivity contribution in [2.45, 2.75) is 25.7 Å². The maximum Gasteiger partial charge on any atom is 0.176 e. The fraction of sp³-hybridized carbons (Fsp3) is 0.316. The van der Waals surface area contributed by atoms with Crippen LogP contribution in [0.3, 0.4) is 0 Å². The first kappa shape index (κ1) is 20.7. The predicted molar refractivity (Wildman–Crippen MR) is 104 cm³/mol. The van der Waals surface area contributed by atoms with Gasteiger partial charge in [0.1, 0.15) is 5.75 Å². The Labute approximate surface area is 158 Å². The molecule has 0 aliphatic carbocycles. The second-order valence-corrected chi connectivity index (χ2v) is 6.27. The Balaban J connectivity index is 0.00000288. The van der Waals surface area contributed by atoms with E-state index in [4.69, 9.17) is 10.5 Å². The smallest absolute Gasteiger partial charge is 0.176 e. The van der Waals surface area contributed by atoms with Crippen LogP contribution in [0.15, 0.2) is 53.0 Å². The van der Waals surface area contributed by atoms with Crippen LogP contribution in [0.2, 0.25) is 0 Å². The first-order valence-corrected chi connectivity index (χ1v) is 8.69. The van der Waals surface area contributed by atoms with Gasteiger partial charge in [-0.15, -0.1) is 12.4 Å². The third kappa shape index (κ3) is 6.63. The van der Waals surface area contributed by atoms with Crippen LogP contribution < -0.4 is 10.5 Å². The Morgan fingerprint density at radius 3 is 2.46 bits per heavy atom. The number of benzene rings is 2. The molecule has 0 atom stereocenters. The molecule has 0 heterocycles. The summed E-state index contributed by atoms with van der Waals surface area (Å²) in [4.78, 5) is 11.5. The Kier molecular flexibility index (Phi) is 9.69. The number of carbonyl (C=O) groups is 1. The zero-order valence-electron chi connectivity index (χ0n) is 13.5. The van der Waals surface area contributed by atoms with Gasteiger partial charge in [-0.2, -0.15) is 0 Å². The highest BCUT2D eigenvalue weighted by Crippen LogP contribution is 2.26. The zero-order chi connectivity index (χ0) is 16.5. The number of Topliss-reactive ketones (excluding diaryl/α,β-unsaturated/α-hetero) is 1. The topological polar surface area (TPSA) is 52.3 Å².